The van der Waals surface area contributed by atoms with E-state index in [1.54, 1.807) is 20.8 Å². The molecular formula is C7H17O4P. The van der Waals surface area contributed by atoms with E-state index in [4.69, 9.17) is 9.63 Å². The summed E-state index contributed by atoms with van der Waals surface area (Å²) in [5.41, 5.74) is 0. The minimum atomic E-state index is -3.52. The molecule has 0 heterocycles. The molecule has 5 heteroatoms. The highest BCUT2D eigenvalue weighted by molar-refractivity contribution is 7.54. The number of hydrogen-bond acceptors (Lipinski definition) is 3. The molecule has 0 radical (unpaired) electrons. The fourth-order valence-corrected chi connectivity index (χ4v) is 1.21. The Morgan fingerprint density at radius 2 is 1.92 bits per heavy atom. The van der Waals surface area contributed by atoms with Gasteiger partial charge in [0.1, 0.15) is 0 Å². The molecule has 74 valence electrons. The van der Waals surface area contributed by atoms with Crippen molar-refractivity contribution in [1.29, 1.82) is 0 Å². The van der Waals surface area contributed by atoms with E-state index in [9.17, 15) is 9.46 Å². The van der Waals surface area contributed by atoms with Gasteiger partial charge in [0.15, 0.2) is 0 Å². The van der Waals surface area contributed by atoms with Gasteiger partial charge in [-0.2, -0.15) is 0 Å². The van der Waals surface area contributed by atoms with Crippen molar-refractivity contribution in [1.82, 2.24) is 0 Å². The Kier molecular flexibility index (Phi) is 4.42. The van der Waals surface area contributed by atoms with E-state index >= 15 is 0 Å². The average molecular weight is 196 g/mol. The van der Waals surface area contributed by atoms with Crippen molar-refractivity contribution < 1.29 is 19.1 Å². The Balaban J connectivity index is 3.98. The van der Waals surface area contributed by atoms with E-state index < -0.39 is 12.8 Å². The molecule has 0 bridgehead atoms. The van der Waals surface area contributed by atoms with Crippen LogP contribution in [0.1, 0.15) is 27.2 Å². The molecule has 0 aromatic rings. The van der Waals surface area contributed by atoms with Crippen molar-refractivity contribution in [2.75, 3.05) is 13.2 Å². The van der Waals surface area contributed by atoms with E-state index in [1.807, 2.05) is 0 Å². The van der Waals surface area contributed by atoms with Crippen LogP contribution in [0.3, 0.4) is 0 Å². The van der Waals surface area contributed by atoms with Crippen LogP contribution in [0.4, 0.5) is 0 Å². The summed E-state index contributed by atoms with van der Waals surface area (Å²) in [6.45, 7) is 5.04. The standard InChI is InChI=1S/C7H17O4P/c1-7(2,3)12(9,10)11-6-4-5-8/h8H,4-6H2,1-3H3,(H,9,10). The molecule has 0 rings (SSSR count). The van der Waals surface area contributed by atoms with Crippen molar-refractivity contribution in [3.63, 3.8) is 0 Å². The molecule has 0 fully saturated rings. The first-order valence-electron chi connectivity index (χ1n) is 3.89. The van der Waals surface area contributed by atoms with Crippen LogP contribution in [0.15, 0.2) is 0 Å². The van der Waals surface area contributed by atoms with E-state index in [2.05, 4.69) is 0 Å². The largest absolute Gasteiger partial charge is 0.396 e. The van der Waals surface area contributed by atoms with Crippen LogP contribution in [-0.4, -0.2) is 28.4 Å². The molecule has 2 N–H and O–H groups in total. The van der Waals surface area contributed by atoms with Crippen LogP contribution >= 0.6 is 7.60 Å². The quantitative estimate of drug-likeness (QED) is 0.526. The van der Waals surface area contributed by atoms with Gasteiger partial charge in [0, 0.05) is 6.61 Å². The smallest absolute Gasteiger partial charge is 0.333 e. The van der Waals surface area contributed by atoms with Crippen LogP contribution in [0, 0.1) is 0 Å². The van der Waals surface area contributed by atoms with Crippen molar-refractivity contribution in [2.24, 2.45) is 0 Å². The highest BCUT2D eigenvalue weighted by Crippen LogP contribution is 2.54. The predicted octanol–water partition coefficient (Wildman–Crippen LogP) is 1.37. The molecule has 0 aliphatic heterocycles. The Bertz CT molecular complexity index is 173. The maximum Gasteiger partial charge on any atom is 0.333 e. The molecule has 0 spiro atoms. The molecule has 1 unspecified atom stereocenters. The lowest BCUT2D eigenvalue weighted by molar-refractivity contribution is 0.205. The van der Waals surface area contributed by atoms with Gasteiger partial charge in [-0.15, -0.1) is 0 Å². The molecule has 0 saturated heterocycles. The third kappa shape index (κ3) is 3.68. The molecule has 4 nitrogen and oxygen atoms in total. The third-order valence-electron chi connectivity index (χ3n) is 1.42. The van der Waals surface area contributed by atoms with Crippen LogP contribution < -0.4 is 0 Å². The summed E-state index contributed by atoms with van der Waals surface area (Å²) >= 11 is 0. The highest BCUT2D eigenvalue weighted by atomic mass is 31.2. The Hall–Kier alpha value is 0.110. The van der Waals surface area contributed by atoms with Gasteiger partial charge in [0.2, 0.25) is 0 Å². The SMILES string of the molecule is CC(C)(C)P(=O)(O)OCCCO. The molecule has 0 saturated carbocycles. The maximum atomic E-state index is 11.4. The second-order valence-corrected chi connectivity index (χ2v) is 6.24. The lowest BCUT2D eigenvalue weighted by Gasteiger charge is -2.24. The first-order chi connectivity index (χ1) is 5.31. The van der Waals surface area contributed by atoms with Crippen LogP contribution in [0.5, 0.6) is 0 Å². The molecule has 12 heavy (non-hydrogen) atoms. The van der Waals surface area contributed by atoms with Crippen molar-refractivity contribution in [2.45, 2.75) is 32.3 Å². The monoisotopic (exact) mass is 196 g/mol. The zero-order chi connectivity index (χ0) is 9.83. The summed E-state index contributed by atoms with van der Waals surface area (Å²) < 4.78 is 16.1. The summed E-state index contributed by atoms with van der Waals surface area (Å²) in [5, 5.41) is 7.67. The molecule has 0 aliphatic rings. The second kappa shape index (κ2) is 4.38. The number of aliphatic hydroxyl groups excluding tert-OH is 1. The average Bonchev–Trinajstić information content (AvgIpc) is 1.85. The zero-order valence-corrected chi connectivity index (χ0v) is 8.67. The summed E-state index contributed by atoms with van der Waals surface area (Å²) in [7, 11) is -3.52. The van der Waals surface area contributed by atoms with Crippen LogP contribution in [0.25, 0.3) is 0 Å². The van der Waals surface area contributed by atoms with Gasteiger partial charge >= 0.3 is 7.60 Å². The third-order valence-corrected chi connectivity index (χ3v) is 3.64. The van der Waals surface area contributed by atoms with Gasteiger partial charge in [0.25, 0.3) is 0 Å². The van der Waals surface area contributed by atoms with Gasteiger partial charge in [-0.1, -0.05) is 0 Å². The van der Waals surface area contributed by atoms with Crippen molar-refractivity contribution in [3.8, 4) is 0 Å². The first-order valence-corrected chi connectivity index (χ1v) is 5.47. The number of rotatable bonds is 4. The van der Waals surface area contributed by atoms with Crippen molar-refractivity contribution in [3.05, 3.63) is 0 Å². The van der Waals surface area contributed by atoms with E-state index in [1.165, 1.54) is 0 Å². The molecule has 1 atom stereocenters. The topological polar surface area (TPSA) is 66.8 Å². The highest BCUT2D eigenvalue weighted by Gasteiger charge is 2.35. The number of aliphatic hydroxyl groups is 1. The minimum absolute atomic E-state index is 0.0237. The van der Waals surface area contributed by atoms with Gasteiger partial charge in [0.05, 0.1) is 11.8 Å². The zero-order valence-electron chi connectivity index (χ0n) is 7.78. The van der Waals surface area contributed by atoms with E-state index in [0.29, 0.717) is 6.42 Å². The fraction of sp³-hybridized carbons (Fsp3) is 1.00. The molecule has 0 aromatic carbocycles. The minimum Gasteiger partial charge on any atom is -0.396 e. The normalized spacial score (nSPS) is 17.4. The lowest BCUT2D eigenvalue weighted by Crippen LogP contribution is -2.16. The molecule has 0 aromatic heterocycles. The van der Waals surface area contributed by atoms with Crippen molar-refractivity contribution >= 4 is 7.60 Å². The summed E-state index contributed by atoms with van der Waals surface area (Å²) in [5.74, 6) is 0. The second-order valence-electron chi connectivity index (χ2n) is 3.60. The Labute approximate surface area is 73.1 Å². The van der Waals surface area contributed by atoms with Gasteiger partial charge in [-0.25, -0.2) is 0 Å². The van der Waals surface area contributed by atoms with Gasteiger partial charge in [-0.05, 0) is 27.2 Å². The van der Waals surface area contributed by atoms with Crippen LogP contribution in [-0.2, 0) is 9.09 Å². The summed E-state index contributed by atoms with van der Waals surface area (Å²) in [4.78, 5) is 9.33. The van der Waals surface area contributed by atoms with Gasteiger partial charge < -0.3 is 14.5 Å². The predicted molar refractivity (Wildman–Crippen MR) is 47.2 cm³/mol. The number of hydrogen-bond donors (Lipinski definition) is 2. The fourth-order valence-electron chi connectivity index (χ4n) is 0.446. The molecule has 0 amide bonds. The van der Waals surface area contributed by atoms with Crippen LogP contribution in [0.2, 0.25) is 0 Å². The molecule has 0 aliphatic carbocycles. The first kappa shape index (κ1) is 12.1. The van der Waals surface area contributed by atoms with E-state index in [-0.39, 0.29) is 13.2 Å². The maximum absolute atomic E-state index is 11.4. The van der Waals surface area contributed by atoms with Gasteiger partial charge in [-0.3, -0.25) is 4.57 Å². The summed E-state index contributed by atoms with van der Waals surface area (Å²) in [6, 6.07) is 0. The summed E-state index contributed by atoms with van der Waals surface area (Å²) in [6.07, 6.45) is 0.390. The van der Waals surface area contributed by atoms with E-state index in [0.717, 1.165) is 0 Å². The molecular weight excluding hydrogens is 179 g/mol. The lowest BCUT2D eigenvalue weighted by atomic mass is 10.3. The Morgan fingerprint density at radius 3 is 2.25 bits per heavy atom. The Morgan fingerprint density at radius 1 is 1.42 bits per heavy atom.